The Balaban J connectivity index is 1.02. The van der Waals surface area contributed by atoms with Crippen molar-refractivity contribution in [3.63, 3.8) is 0 Å². The molecule has 2 amide bonds. The van der Waals surface area contributed by atoms with Gasteiger partial charge >= 0.3 is 0 Å². The molecule has 1 spiro atoms. The average molecular weight is 725 g/mol. The van der Waals surface area contributed by atoms with Crippen LogP contribution >= 0.6 is 23.2 Å². The van der Waals surface area contributed by atoms with Crippen LogP contribution in [0.15, 0.2) is 67.0 Å². The number of pyridine rings is 2. The molecule has 262 valence electrons. The molecular formula is C39H39Cl2N7O3. The molecule has 3 N–H and O–H groups in total. The predicted octanol–water partition coefficient (Wildman–Crippen LogP) is 5.97. The van der Waals surface area contributed by atoms with E-state index >= 15 is 0 Å². The third-order valence-corrected chi connectivity index (χ3v) is 11.2. The summed E-state index contributed by atoms with van der Waals surface area (Å²) in [5.41, 5.74) is 7.79. The Hall–Kier alpha value is -4.48. The van der Waals surface area contributed by atoms with Crippen LogP contribution in [0.5, 0.6) is 5.75 Å². The van der Waals surface area contributed by atoms with Crippen LogP contribution in [0.1, 0.15) is 30.4 Å². The Bertz CT molecular complexity index is 2180. The molecule has 3 fully saturated rings. The van der Waals surface area contributed by atoms with Gasteiger partial charge in [0.15, 0.2) is 0 Å². The lowest BCUT2D eigenvalue weighted by Crippen LogP contribution is -2.56. The van der Waals surface area contributed by atoms with Crippen molar-refractivity contribution in [2.24, 2.45) is 12.5 Å². The van der Waals surface area contributed by atoms with Crippen LogP contribution in [-0.2, 0) is 29.7 Å². The first kappa shape index (κ1) is 33.7. The molecule has 10 nitrogen and oxygen atoms in total. The summed E-state index contributed by atoms with van der Waals surface area (Å²) >= 11 is 14.3. The fraction of sp³-hybridized carbons (Fsp3) is 0.333. The predicted molar refractivity (Wildman–Crippen MR) is 200 cm³/mol. The van der Waals surface area contributed by atoms with Gasteiger partial charge in [-0.25, -0.2) is 4.98 Å². The summed E-state index contributed by atoms with van der Waals surface area (Å²) in [6.45, 7) is 4.75. The van der Waals surface area contributed by atoms with Crippen LogP contribution < -0.4 is 20.7 Å². The van der Waals surface area contributed by atoms with Crippen molar-refractivity contribution < 1.29 is 14.3 Å². The van der Waals surface area contributed by atoms with Gasteiger partial charge in [0.2, 0.25) is 11.8 Å². The average Bonchev–Trinajstić information content (AvgIpc) is 3.81. The van der Waals surface area contributed by atoms with Crippen molar-refractivity contribution in [1.82, 2.24) is 35.4 Å². The third kappa shape index (κ3) is 6.46. The molecule has 3 saturated heterocycles. The molecule has 6 heterocycles. The van der Waals surface area contributed by atoms with E-state index in [1.165, 1.54) is 5.56 Å². The largest absolute Gasteiger partial charge is 0.496 e. The highest BCUT2D eigenvalue weighted by molar-refractivity contribution is 6.39. The minimum atomic E-state index is 0.0970. The maximum Gasteiger partial charge on any atom is 0.220 e. The SMILES string of the molecule is COc1cc(-c2nccc(-c3cccc(-c4ccc5c(CN6CC7(CNC(=O)C7)C6)cn(C)c5n4)c3Cl)c2Cl)ccc1CNC[C@H]1CCC(=O)N1. The second-order valence-corrected chi connectivity index (χ2v) is 14.8. The van der Waals surface area contributed by atoms with Crippen molar-refractivity contribution in [1.29, 1.82) is 0 Å². The molecule has 0 unspecified atom stereocenters. The highest BCUT2D eigenvalue weighted by Gasteiger charge is 2.47. The molecule has 3 aliphatic rings. The van der Waals surface area contributed by atoms with E-state index < -0.39 is 0 Å². The number of aryl methyl sites for hydroxylation is 1. The first-order valence-corrected chi connectivity index (χ1v) is 18.0. The number of benzene rings is 2. The first-order chi connectivity index (χ1) is 24.7. The number of carbonyl (C=O) groups is 2. The number of nitrogens with one attached hydrogen (secondary N) is 3. The van der Waals surface area contributed by atoms with Crippen molar-refractivity contribution in [3.05, 3.63) is 88.2 Å². The lowest BCUT2D eigenvalue weighted by Gasteiger charge is -2.47. The number of rotatable bonds is 10. The summed E-state index contributed by atoms with van der Waals surface area (Å²) in [5, 5.41) is 11.6. The maximum absolute atomic E-state index is 11.8. The quantitative estimate of drug-likeness (QED) is 0.163. The molecule has 5 aromatic rings. The van der Waals surface area contributed by atoms with Gasteiger partial charge in [-0.05, 0) is 36.2 Å². The number of methoxy groups -OCH3 is 1. The number of hydrogen-bond donors (Lipinski definition) is 3. The number of amides is 2. The number of aromatic nitrogens is 3. The van der Waals surface area contributed by atoms with Gasteiger partial charge in [-0.3, -0.25) is 19.5 Å². The Labute approximate surface area is 306 Å². The maximum atomic E-state index is 11.8. The zero-order chi connectivity index (χ0) is 35.3. The lowest BCUT2D eigenvalue weighted by molar-refractivity contribution is -0.121. The minimum absolute atomic E-state index is 0.0970. The summed E-state index contributed by atoms with van der Waals surface area (Å²) < 4.78 is 7.82. The van der Waals surface area contributed by atoms with E-state index in [0.717, 1.165) is 82.9 Å². The normalized spacial score (nSPS) is 18.3. The van der Waals surface area contributed by atoms with Crippen LogP contribution in [0.2, 0.25) is 10.0 Å². The number of hydrogen-bond acceptors (Lipinski definition) is 7. The van der Waals surface area contributed by atoms with Gasteiger partial charge in [0, 0.05) is 116 Å². The van der Waals surface area contributed by atoms with E-state index in [1.807, 2.05) is 55.6 Å². The van der Waals surface area contributed by atoms with Gasteiger partial charge < -0.3 is 25.3 Å². The highest BCUT2D eigenvalue weighted by Crippen LogP contribution is 2.43. The number of carbonyl (C=O) groups excluding carboxylic acids is 2. The molecule has 1 atom stereocenters. The lowest BCUT2D eigenvalue weighted by atomic mass is 9.79. The summed E-state index contributed by atoms with van der Waals surface area (Å²) in [6, 6.07) is 18.1. The molecular weight excluding hydrogens is 685 g/mol. The third-order valence-electron chi connectivity index (χ3n) is 10.4. The second kappa shape index (κ2) is 13.6. The molecule has 0 saturated carbocycles. The monoisotopic (exact) mass is 723 g/mol. The van der Waals surface area contributed by atoms with Gasteiger partial charge in [0.05, 0.1) is 28.5 Å². The van der Waals surface area contributed by atoms with Crippen LogP contribution in [-0.4, -0.2) is 70.6 Å². The molecule has 0 bridgehead atoms. The number of halogens is 2. The van der Waals surface area contributed by atoms with E-state index in [1.54, 1.807) is 13.3 Å². The highest BCUT2D eigenvalue weighted by atomic mass is 35.5. The van der Waals surface area contributed by atoms with Gasteiger partial charge in [-0.15, -0.1) is 0 Å². The molecule has 3 aliphatic heterocycles. The number of fused-ring (bicyclic) bond motifs is 1. The van der Waals surface area contributed by atoms with Crippen LogP contribution in [0.25, 0.3) is 44.7 Å². The first-order valence-electron chi connectivity index (χ1n) is 17.3. The van der Waals surface area contributed by atoms with E-state index in [9.17, 15) is 9.59 Å². The van der Waals surface area contributed by atoms with Gasteiger partial charge in [0.25, 0.3) is 0 Å². The molecule has 0 aliphatic carbocycles. The fourth-order valence-corrected chi connectivity index (χ4v) is 8.53. The van der Waals surface area contributed by atoms with Crippen molar-refractivity contribution in [2.75, 3.05) is 33.3 Å². The van der Waals surface area contributed by atoms with Crippen molar-refractivity contribution >= 4 is 46.0 Å². The second-order valence-electron chi connectivity index (χ2n) is 14.1. The Morgan fingerprint density at radius 1 is 1.00 bits per heavy atom. The van der Waals surface area contributed by atoms with Crippen molar-refractivity contribution in [2.45, 2.75) is 38.4 Å². The molecule has 2 aromatic carbocycles. The Morgan fingerprint density at radius 2 is 1.82 bits per heavy atom. The van der Waals surface area contributed by atoms with E-state index in [-0.39, 0.29) is 23.3 Å². The number of likely N-dealkylation sites (tertiary alicyclic amines) is 1. The summed E-state index contributed by atoms with van der Waals surface area (Å²) in [5.74, 6) is 0.993. The van der Waals surface area contributed by atoms with E-state index in [4.69, 9.17) is 32.9 Å². The Kier molecular flexibility index (Phi) is 8.96. The molecule has 3 aromatic heterocycles. The van der Waals surface area contributed by atoms with Crippen LogP contribution in [0, 0.1) is 5.41 Å². The Morgan fingerprint density at radius 3 is 2.59 bits per heavy atom. The van der Waals surface area contributed by atoms with Crippen LogP contribution in [0.3, 0.4) is 0 Å². The minimum Gasteiger partial charge on any atom is -0.496 e. The summed E-state index contributed by atoms with van der Waals surface area (Å²) in [7, 11) is 3.67. The number of ether oxygens (including phenoxy) is 1. The smallest absolute Gasteiger partial charge is 0.220 e. The topological polar surface area (TPSA) is 113 Å². The zero-order valence-electron chi connectivity index (χ0n) is 28.6. The van der Waals surface area contributed by atoms with E-state index in [0.29, 0.717) is 41.7 Å². The standard InChI is InChI=1S/C39H39Cl2N7O3/c1-47-18-25(19-48-21-39(22-48)15-34(50)44-20-39)27-9-10-31(46-38(27)47)30-5-3-4-28(35(30)40)29-12-13-43-37(36(29)41)23-6-7-24(32(14-23)51-2)16-42-17-26-8-11-33(49)45-26/h3-7,9-10,12-14,18,26,42H,8,11,15-17,19-22H2,1-2H3,(H,44,50)(H,45,49)/t26-/m1/s1. The molecule has 12 heteroatoms. The zero-order valence-corrected chi connectivity index (χ0v) is 30.1. The van der Waals surface area contributed by atoms with Crippen molar-refractivity contribution in [3.8, 4) is 39.4 Å². The molecule has 0 radical (unpaired) electrons. The van der Waals surface area contributed by atoms with Gasteiger partial charge in [-0.2, -0.15) is 0 Å². The van der Waals surface area contributed by atoms with E-state index in [2.05, 4.69) is 42.7 Å². The molecule has 51 heavy (non-hydrogen) atoms. The fourth-order valence-electron chi connectivity index (χ4n) is 7.88. The van der Waals surface area contributed by atoms with Gasteiger partial charge in [0.1, 0.15) is 11.4 Å². The number of nitrogens with zero attached hydrogens (tertiary/aromatic N) is 4. The molecule has 8 rings (SSSR count). The van der Waals surface area contributed by atoms with Gasteiger partial charge in [-0.1, -0.05) is 53.5 Å². The van der Waals surface area contributed by atoms with Crippen LogP contribution in [0.4, 0.5) is 0 Å². The summed E-state index contributed by atoms with van der Waals surface area (Å²) in [6.07, 6.45) is 5.95. The summed E-state index contributed by atoms with van der Waals surface area (Å²) in [4.78, 5) is 35.4.